The van der Waals surface area contributed by atoms with Crippen LogP contribution in [0, 0.1) is 0 Å². The number of carbonyl (C=O) groups excluding carboxylic acids is 1. The molecule has 1 amide bonds. The van der Waals surface area contributed by atoms with E-state index in [-0.39, 0.29) is 5.91 Å². The van der Waals surface area contributed by atoms with E-state index in [1.54, 1.807) is 7.05 Å². The number of hydrogen-bond donors (Lipinski definition) is 2. The Labute approximate surface area is 113 Å². The summed E-state index contributed by atoms with van der Waals surface area (Å²) in [4.78, 5) is 11.4. The van der Waals surface area contributed by atoms with E-state index in [2.05, 4.69) is 22.8 Å². The number of rotatable bonds is 5. The Morgan fingerprint density at radius 3 is 2.05 bits per heavy atom. The quantitative estimate of drug-likeness (QED) is 0.860. The smallest absolute Gasteiger partial charge is 0.251 e. The molecular formula is C16H18N2O. The van der Waals surface area contributed by atoms with Crippen molar-refractivity contribution < 1.29 is 4.79 Å². The van der Waals surface area contributed by atoms with Crippen molar-refractivity contribution in [1.29, 1.82) is 0 Å². The van der Waals surface area contributed by atoms with Crippen molar-refractivity contribution in [3.05, 3.63) is 71.3 Å². The fourth-order valence-corrected chi connectivity index (χ4v) is 1.87. The molecule has 0 bridgehead atoms. The Morgan fingerprint density at radius 1 is 0.895 bits per heavy atom. The van der Waals surface area contributed by atoms with E-state index in [0.717, 1.165) is 13.1 Å². The Hall–Kier alpha value is -2.13. The summed E-state index contributed by atoms with van der Waals surface area (Å²) in [5, 5.41) is 5.99. The minimum absolute atomic E-state index is 0.0520. The second-order valence-electron chi connectivity index (χ2n) is 4.37. The summed E-state index contributed by atoms with van der Waals surface area (Å²) < 4.78 is 0. The lowest BCUT2D eigenvalue weighted by molar-refractivity contribution is 0.0963. The lowest BCUT2D eigenvalue weighted by atomic mass is 10.1. The van der Waals surface area contributed by atoms with Crippen molar-refractivity contribution in [1.82, 2.24) is 10.6 Å². The second kappa shape index (κ2) is 6.71. The van der Waals surface area contributed by atoms with Gasteiger partial charge >= 0.3 is 0 Å². The molecule has 0 aromatic heterocycles. The van der Waals surface area contributed by atoms with Gasteiger partial charge in [0.05, 0.1) is 0 Å². The zero-order chi connectivity index (χ0) is 13.5. The molecule has 3 heteroatoms. The maximum atomic E-state index is 11.4. The Bertz CT molecular complexity index is 520. The number of benzene rings is 2. The van der Waals surface area contributed by atoms with E-state index in [4.69, 9.17) is 0 Å². The van der Waals surface area contributed by atoms with Gasteiger partial charge in [0.2, 0.25) is 0 Å². The summed E-state index contributed by atoms with van der Waals surface area (Å²) >= 11 is 0. The number of carbonyl (C=O) groups is 1. The summed E-state index contributed by atoms with van der Waals surface area (Å²) in [6.07, 6.45) is 0. The Balaban J connectivity index is 1.85. The third-order valence-electron chi connectivity index (χ3n) is 2.94. The highest BCUT2D eigenvalue weighted by atomic mass is 16.1. The molecular weight excluding hydrogens is 236 g/mol. The van der Waals surface area contributed by atoms with Crippen LogP contribution in [0.5, 0.6) is 0 Å². The standard InChI is InChI=1S/C16H18N2O/c1-17-16(19)15-9-7-14(8-10-15)12-18-11-13-5-3-2-4-6-13/h2-10,18H,11-12H2,1H3,(H,17,19). The predicted octanol–water partition coefficient (Wildman–Crippen LogP) is 2.34. The SMILES string of the molecule is CNC(=O)c1ccc(CNCc2ccccc2)cc1. The van der Waals surface area contributed by atoms with Crippen LogP contribution in [-0.2, 0) is 13.1 Å². The highest BCUT2D eigenvalue weighted by Gasteiger charge is 2.01. The van der Waals surface area contributed by atoms with Crippen molar-refractivity contribution in [3.8, 4) is 0 Å². The van der Waals surface area contributed by atoms with Crippen LogP contribution in [0.4, 0.5) is 0 Å². The van der Waals surface area contributed by atoms with E-state index in [1.807, 2.05) is 42.5 Å². The van der Waals surface area contributed by atoms with Crippen molar-refractivity contribution >= 4 is 5.91 Å². The molecule has 2 rings (SSSR count). The van der Waals surface area contributed by atoms with Crippen LogP contribution in [0.1, 0.15) is 21.5 Å². The molecule has 0 aliphatic rings. The van der Waals surface area contributed by atoms with E-state index >= 15 is 0 Å². The molecule has 2 aromatic carbocycles. The molecule has 2 aromatic rings. The molecule has 0 aliphatic heterocycles. The summed E-state index contributed by atoms with van der Waals surface area (Å²) in [7, 11) is 1.64. The third kappa shape index (κ3) is 3.93. The van der Waals surface area contributed by atoms with E-state index < -0.39 is 0 Å². The number of nitrogens with one attached hydrogen (secondary N) is 2. The molecule has 0 heterocycles. The maximum absolute atomic E-state index is 11.4. The summed E-state index contributed by atoms with van der Waals surface area (Å²) in [5.41, 5.74) is 3.13. The van der Waals surface area contributed by atoms with Gasteiger partial charge in [-0.25, -0.2) is 0 Å². The van der Waals surface area contributed by atoms with Gasteiger partial charge in [-0.3, -0.25) is 4.79 Å². The molecule has 2 N–H and O–H groups in total. The molecule has 0 saturated heterocycles. The molecule has 3 nitrogen and oxygen atoms in total. The van der Waals surface area contributed by atoms with Crippen LogP contribution < -0.4 is 10.6 Å². The fraction of sp³-hybridized carbons (Fsp3) is 0.188. The molecule has 0 fully saturated rings. The van der Waals surface area contributed by atoms with Gasteiger partial charge < -0.3 is 10.6 Å². The van der Waals surface area contributed by atoms with E-state index in [1.165, 1.54) is 11.1 Å². The first-order valence-electron chi connectivity index (χ1n) is 6.35. The Morgan fingerprint density at radius 2 is 1.47 bits per heavy atom. The van der Waals surface area contributed by atoms with Gasteiger partial charge in [0.25, 0.3) is 5.91 Å². The minimum atomic E-state index is -0.0520. The van der Waals surface area contributed by atoms with Crippen LogP contribution in [0.15, 0.2) is 54.6 Å². The topological polar surface area (TPSA) is 41.1 Å². The largest absolute Gasteiger partial charge is 0.355 e. The lowest BCUT2D eigenvalue weighted by Gasteiger charge is -2.06. The monoisotopic (exact) mass is 254 g/mol. The van der Waals surface area contributed by atoms with Crippen molar-refractivity contribution in [3.63, 3.8) is 0 Å². The second-order valence-corrected chi connectivity index (χ2v) is 4.37. The number of amides is 1. The first-order valence-corrected chi connectivity index (χ1v) is 6.35. The van der Waals surface area contributed by atoms with Crippen LogP contribution in [-0.4, -0.2) is 13.0 Å². The van der Waals surface area contributed by atoms with Crippen LogP contribution in [0.25, 0.3) is 0 Å². The first kappa shape index (κ1) is 13.3. The van der Waals surface area contributed by atoms with Gasteiger partial charge in [0.15, 0.2) is 0 Å². The van der Waals surface area contributed by atoms with Crippen LogP contribution in [0.2, 0.25) is 0 Å². The lowest BCUT2D eigenvalue weighted by Crippen LogP contribution is -2.18. The average molecular weight is 254 g/mol. The molecule has 0 saturated carbocycles. The van der Waals surface area contributed by atoms with Gasteiger partial charge in [0.1, 0.15) is 0 Å². The zero-order valence-electron chi connectivity index (χ0n) is 11.0. The van der Waals surface area contributed by atoms with Crippen molar-refractivity contribution in [2.24, 2.45) is 0 Å². The van der Waals surface area contributed by atoms with Crippen molar-refractivity contribution in [2.75, 3.05) is 7.05 Å². The number of hydrogen-bond acceptors (Lipinski definition) is 2. The first-order chi connectivity index (χ1) is 9.29. The normalized spacial score (nSPS) is 10.2. The highest BCUT2D eigenvalue weighted by molar-refractivity contribution is 5.93. The van der Waals surface area contributed by atoms with Gasteiger partial charge in [-0.1, -0.05) is 42.5 Å². The van der Waals surface area contributed by atoms with Gasteiger partial charge in [-0.05, 0) is 23.3 Å². The molecule has 19 heavy (non-hydrogen) atoms. The molecule has 0 unspecified atom stereocenters. The fourth-order valence-electron chi connectivity index (χ4n) is 1.87. The van der Waals surface area contributed by atoms with E-state index in [0.29, 0.717) is 5.56 Å². The molecule has 0 atom stereocenters. The highest BCUT2D eigenvalue weighted by Crippen LogP contribution is 2.05. The van der Waals surface area contributed by atoms with E-state index in [9.17, 15) is 4.79 Å². The average Bonchev–Trinajstić information content (AvgIpc) is 2.48. The van der Waals surface area contributed by atoms with Gasteiger partial charge in [-0.15, -0.1) is 0 Å². The summed E-state index contributed by atoms with van der Waals surface area (Å²) in [5.74, 6) is -0.0520. The van der Waals surface area contributed by atoms with Crippen LogP contribution >= 0.6 is 0 Å². The molecule has 0 radical (unpaired) electrons. The predicted molar refractivity (Wildman–Crippen MR) is 76.8 cm³/mol. The maximum Gasteiger partial charge on any atom is 0.251 e. The minimum Gasteiger partial charge on any atom is -0.355 e. The summed E-state index contributed by atoms with van der Waals surface area (Å²) in [6, 6.07) is 17.9. The molecule has 98 valence electrons. The van der Waals surface area contributed by atoms with Gasteiger partial charge in [-0.2, -0.15) is 0 Å². The van der Waals surface area contributed by atoms with Crippen LogP contribution in [0.3, 0.4) is 0 Å². The zero-order valence-corrected chi connectivity index (χ0v) is 11.0. The molecule has 0 aliphatic carbocycles. The van der Waals surface area contributed by atoms with Crippen molar-refractivity contribution in [2.45, 2.75) is 13.1 Å². The summed E-state index contributed by atoms with van der Waals surface area (Å²) in [6.45, 7) is 1.64. The third-order valence-corrected chi connectivity index (χ3v) is 2.94. The Kier molecular flexibility index (Phi) is 4.70. The molecule has 0 spiro atoms. The van der Waals surface area contributed by atoms with Gasteiger partial charge in [0, 0.05) is 25.7 Å².